The van der Waals surface area contributed by atoms with Gasteiger partial charge in [0.2, 0.25) is 0 Å². The maximum Gasteiger partial charge on any atom is 0.389 e. The fourth-order valence-electron chi connectivity index (χ4n) is 1.79. The van der Waals surface area contributed by atoms with Gasteiger partial charge < -0.3 is 4.98 Å². The number of fused-ring (bicyclic) bond motifs is 1. The van der Waals surface area contributed by atoms with Gasteiger partial charge in [-0.1, -0.05) is 23.2 Å². The molecule has 0 bridgehead atoms. The Morgan fingerprint density at radius 1 is 1.26 bits per heavy atom. The highest BCUT2D eigenvalue weighted by Gasteiger charge is 2.28. The van der Waals surface area contributed by atoms with E-state index in [9.17, 15) is 18.0 Å². The van der Waals surface area contributed by atoms with Gasteiger partial charge >= 0.3 is 6.18 Å². The number of benzene rings is 1. The van der Waals surface area contributed by atoms with Crippen molar-refractivity contribution in [2.45, 2.75) is 19.0 Å². The van der Waals surface area contributed by atoms with Crippen LogP contribution in [0.4, 0.5) is 13.2 Å². The molecular weight excluding hydrogens is 302 g/mol. The van der Waals surface area contributed by atoms with Crippen molar-refractivity contribution in [1.29, 1.82) is 0 Å². The minimum Gasteiger partial charge on any atom is -0.360 e. The van der Waals surface area contributed by atoms with E-state index in [1.807, 2.05) is 0 Å². The van der Waals surface area contributed by atoms with E-state index in [-0.39, 0.29) is 10.6 Å². The average molecular weight is 310 g/mol. The zero-order chi connectivity index (χ0) is 14.2. The summed E-state index contributed by atoms with van der Waals surface area (Å²) >= 11 is 11.8. The van der Waals surface area contributed by atoms with E-state index in [1.165, 1.54) is 12.3 Å². The second kappa shape index (κ2) is 5.06. The molecule has 0 unspecified atom stereocenters. The predicted molar refractivity (Wildman–Crippen MR) is 67.9 cm³/mol. The highest BCUT2D eigenvalue weighted by Crippen LogP contribution is 2.32. The monoisotopic (exact) mass is 309 g/mol. The Bertz CT molecular complexity index is 634. The lowest BCUT2D eigenvalue weighted by Crippen LogP contribution is -2.10. The molecule has 0 saturated carbocycles. The van der Waals surface area contributed by atoms with Gasteiger partial charge in [-0.2, -0.15) is 13.2 Å². The SMILES string of the molecule is O=C(CCC(F)(F)F)c1c[nH]c2cc(Cl)cc(Cl)c12. The van der Waals surface area contributed by atoms with Crippen LogP contribution in [-0.4, -0.2) is 16.9 Å². The van der Waals surface area contributed by atoms with Crippen LogP contribution in [0.2, 0.25) is 10.0 Å². The summed E-state index contributed by atoms with van der Waals surface area (Å²) in [7, 11) is 0. The molecule has 19 heavy (non-hydrogen) atoms. The zero-order valence-corrected chi connectivity index (χ0v) is 11.0. The van der Waals surface area contributed by atoms with Crippen LogP contribution in [0.15, 0.2) is 18.3 Å². The fraction of sp³-hybridized carbons (Fsp3) is 0.250. The molecule has 1 aromatic carbocycles. The second-order valence-corrected chi connectivity index (χ2v) is 4.89. The molecule has 1 aromatic heterocycles. The van der Waals surface area contributed by atoms with Crippen LogP contribution in [0.5, 0.6) is 0 Å². The highest BCUT2D eigenvalue weighted by atomic mass is 35.5. The number of halogens is 5. The van der Waals surface area contributed by atoms with Crippen molar-refractivity contribution in [3.8, 4) is 0 Å². The molecule has 0 spiro atoms. The lowest BCUT2D eigenvalue weighted by molar-refractivity contribution is -0.133. The Balaban J connectivity index is 2.33. The van der Waals surface area contributed by atoms with E-state index in [1.54, 1.807) is 6.07 Å². The molecule has 0 radical (unpaired) electrons. The first-order chi connectivity index (χ1) is 8.78. The third kappa shape index (κ3) is 3.22. The Morgan fingerprint density at radius 3 is 2.58 bits per heavy atom. The molecule has 102 valence electrons. The van der Waals surface area contributed by atoms with Crippen LogP contribution in [0.25, 0.3) is 10.9 Å². The number of nitrogens with one attached hydrogen (secondary N) is 1. The summed E-state index contributed by atoms with van der Waals surface area (Å²) in [6.07, 6.45) is -4.75. The first-order valence-electron chi connectivity index (χ1n) is 5.34. The minimum atomic E-state index is -4.35. The summed E-state index contributed by atoms with van der Waals surface area (Å²) in [6, 6.07) is 3.00. The molecule has 0 aliphatic rings. The number of aromatic nitrogens is 1. The van der Waals surface area contributed by atoms with Crippen LogP contribution < -0.4 is 0 Å². The quantitative estimate of drug-likeness (QED) is 0.795. The first kappa shape index (κ1) is 14.2. The Kier molecular flexibility index (Phi) is 3.78. The van der Waals surface area contributed by atoms with Crippen LogP contribution in [0.3, 0.4) is 0 Å². The molecule has 2 rings (SSSR count). The summed E-state index contributed by atoms with van der Waals surface area (Å²) in [5, 5.41) is 1.02. The molecule has 0 aliphatic carbocycles. The second-order valence-electron chi connectivity index (χ2n) is 4.05. The molecule has 1 heterocycles. The molecule has 1 N–H and O–H groups in total. The summed E-state index contributed by atoms with van der Waals surface area (Å²) in [6.45, 7) is 0. The van der Waals surface area contributed by atoms with Gasteiger partial charge in [0.25, 0.3) is 0 Å². The average Bonchev–Trinajstić information content (AvgIpc) is 2.68. The summed E-state index contributed by atoms with van der Waals surface area (Å²) in [4.78, 5) is 14.6. The molecule has 0 amide bonds. The van der Waals surface area contributed by atoms with Crippen molar-refractivity contribution in [3.05, 3.63) is 33.9 Å². The molecule has 0 aliphatic heterocycles. The lowest BCUT2D eigenvalue weighted by atomic mass is 10.1. The number of carbonyl (C=O) groups is 1. The van der Waals surface area contributed by atoms with E-state index in [0.717, 1.165) is 0 Å². The van der Waals surface area contributed by atoms with Gasteiger partial charge in [0.15, 0.2) is 5.78 Å². The number of ketones is 1. The van der Waals surface area contributed by atoms with E-state index in [4.69, 9.17) is 23.2 Å². The third-order valence-electron chi connectivity index (χ3n) is 2.63. The van der Waals surface area contributed by atoms with E-state index in [2.05, 4.69) is 4.98 Å². The standard InChI is InChI=1S/C12H8Cl2F3NO/c13-6-3-8(14)11-7(5-18-9(11)4-6)10(19)1-2-12(15,16)17/h3-5,18H,1-2H2. The van der Waals surface area contributed by atoms with Gasteiger partial charge in [0.05, 0.1) is 11.4 Å². The third-order valence-corrected chi connectivity index (χ3v) is 3.15. The van der Waals surface area contributed by atoms with Crippen LogP contribution >= 0.6 is 23.2 Å². The topological polar surface area (TPSA) is 32.9 Å². The highest BCUT2D eigenvalue weighted by molar-refractivity contribution is 6.39. The fourth-order valence-corrected chi connectivity index (χ4v) is 2.39. The number of aromatic amines is 1. The largest absolute Gasteiger partial charge is 0.389 e. The van der Waals surface area contributed by atoms with Crippen LogP contribution in [-0.2, 0) is 0 Å². The van der Waals surface area contributed by atoms with Gasteiger partial charge in [-0.05, 0) is 12.1 Å². The van der Waals surface area contributed by atoms with Gasteiger partial charge in [0.1, 0.15) is 0 Å². The van der Waals surface area contributed by atoms with E-state index >= 15 is 0 Å². The molecule has 0 saturated heterocycles. The van der Waals surface area contributed by atoms with Crippen molar-refractivity contribution in [3.63, 3.8) is 0 Å². The summed E-state index contributed by atoms with van der Waals surface area (Å²) < 4.78 is 36.3. The van der Waals surface area contributed by atoms with Crippen molar-refractivity contribution >= 4 is 39.9 Å². The molecule has 2 aromatic rings. The van der Waals surface area contributed by atoms with E-state index in [0.29, 0.717) is 15.9 Å². The Morgan fingerprint density at radius 2 is 1.95 bits per heavy atom. The molecule has 0 fully saturated rings. The number of rotatable bonds is 3. The maximum atomic E-state index is 12.1. The first-order valence-corrected chi connectivity index (χ1v) is 6.09. The molecular formula is C12H8Cl2F3NO. The maximum absolute atomic E-state index is 12.1. The van der Waals surface area contributed by atoms with E-state index < -0.39 is 24.8 Å². The number of carbonyl (C=O) groups excluding carboxylic acids is 1. The number of H-pyrrole nitrogens is 1. The zero-order valence-electron chi connectivity index (χ0n) is 9.44. The van der Waals surface area contributed by atoms with Crippen LogP contribution in [0, 0.1) is 0 Å². The van der Waals surface area contributed by atoms with Gasteiger partial charge in [-0.25, -0.2) is 0 Å². The molecule has 7 heteroatoms. The number of hydrogen-bond donors (Lipinski definition) is 1. The van der Waals surface area contributed by atoms with Crippen molar-refractivity contribution in [2.24, 2.45) is 0 Å². The Hall–Kier alpha value is -1.20. The Labute approximate surface area is 116 Å². The predicted octanol–water partition coefficient (Wildman–Crippen LogP) is 5.00. The smallest absolute Gasteiger partial charge is 0.360 e. The van der Waals surface area contributed by atoms with Gasteiger partial charge in [-0.3, -0.25) is 4.79 Å². The van der Waals surface area contributed by atoms with Crippen molar-refractivity contribution in [2.75, 3.05) is 0 Å². The number of alkyl halides is 3. The number of hydrogen-bond acceptors (Lipinski definition) is 1. The lowest BCUT2D eigenvalue weighted by Gasteiger charge is -2.05. The summed E-state index contributed by atoms with van der Waals surface area (Å²) in [5.74, 6) is -0.604. The van der Waals surface area contributed by atoms with Crippen molar-refractivity contribution < 1.29 is 18.0 Å². The van der Waals surface area contributed by atoms with Gasteiger partial charge in [0, 0.05) is 34.1 Å². The molecule has 2 nitrogen and oxygen atoms in total. The molecule has 0 atom stereocenters. The van der Waals surface area contributed by atoms with Crippen molar-refractivity contribution in [1.82, 2.24) is 4.98 Å². The summed E-state index contributed by atoms with van der Waals surface area (Å²) in [5.41, 5.74) is 0.675. The van der Waals surface area contributed by atoms with Crippen LogP contribution in [0.1, 0.15) is 23.2 Å². The number of Topliss-reactive ketones (excluding diaryl/α,β-unsaturated/α-hetero) is 1. The minimum absolute atomic E-state index is 0.154. The normalized spacial score (nSPS) is 12.1. The van der Waals surface area contributed by atoms with Gasteiger partial charge in [-0.15, -0.1) is 0 Å².